The van der Waals surface area contributed by atoms with Crippen LogP contribution in [0.2, 0.25) is 0 Å². The molecule has 0 saturated carbocycles. The molecule has 0 radical (unpaired) electrons. The fraction of sp³-hybridized carbons (Fsp3) is 0.200. The van der Waals surface area contributed by atoms with E-state index in [2.05, 4.69) is 0 Å². The Balaban J connectivity index is 3.33. The number of thiophene rings is 1. The van der Waals surface area contributed by atoms with Crippen molar-refractivity contribution >= 4 is 21.9 Å². The lowest BCUT2D eigenvalue weighted by Crippen LogP contribution is -1.84. The molecular formula is C10H9N3S. The minimum Gasteiger partial charge on any atom is -0.391 e. The predicted molar refractivity (Wildman–Crippen MR) is 57.3 cm³/mol. The van der Waals surface area contributed by atoms with Crippen molar-refractivity contribution in [3.05, 3.63) is 22.1 Å². The van der Waals surface area contributed by atoms with Gasteiger partial charge in [-0.25, -0.2) is 0 Å². The van der Waals surface area contributed by atoms with Gasteiger partial charge in [0.05, 0.1) is 5.00 Å². The first-order chi connectivity index (χ1) is 6.60. The summed E-state index contributed by atoms with van der Waals surface area (Å²) in [5.74, 6) is 0. The van der Waals surface area contributed by atoms with Gasteiger partial charge in [0.2, 0.25) is 0 Å². The molecule has 0 atom stereocenters. The van der Waals surface area contributed by atoms with Crippen molar-refractivity contribution in [1.29, 1.82) is 10.5 Å². The van der Waals surface area contributed by atoms with Crippen LogP contribution in [0.4, 0.5) is 5.00 Å². The molecule has 0 saturated heterocycles. The standard InChI is InChI=1S/C10H9N3S/c1-6(8(4-11)5-12)9-3-10(13)14-7(9)2/h3H,13H2,1-2H3. The molecule has 0 amide bonds. The lowest BCUT2D eigenvalue weighted by molar-refractivity contribution is 1.44. The lowest BCUT2D eigenvalue weighted by Gasteiger charge is -1.98. The van der Waals surface area contributed by atoms with Crippen molar-refractivity contribution < 1.29 is 0 Å². The third-order valence-corrected chi connectivity index (χ3v) is 2.82. The number of rotatable bonds is 1. The first-order valence-electron chi connectivity index (χ1n) is 3.97. The quantitative estimate of drug-likeness (QED) is 0.712. The third kappa shape index (κ3) is 1.76. The number of hydrogen-bond acceptors (Lipinski definition) is 4. The second kappa shape index (κ2) is 3.95. The molecule has 1 heterocycles. The first-order valence-corrected chi connectivity index (χ1v) is 4.79. The predicted octanol–water partition coefficient (Wildman–Crippen LogP) is 2.46. The van der Waals surface area contributed by atoms with Crippen molar-refractivity contribution in [3.63, 3.8) is 0 Å². The number of allylic oxidation sites excluding steroid dienone is 2. The zero-order valence-electron chi connectivity index (χ0n) is 7.96. The first kappa shape index (κ1) is 10.3. The average Bonchev–Trinajstić information content (AvgIpc) is 2.47. The van der Waals surface area contributed by atoms with Crippen LogP contribution >= 0.6 is 11.3 Å². The van der Waals surface area contributed by atoms with Gasteiger partial charge in [-0.05, 0) is 31.1 Å². The molecule has 70 valence electrons. The fourth-order valence-corrected chi connectivity index (χ4v) is 2.06. The van der Waals surface area contributed by atoms with Crippen LogP contribution in [0.3, 0.4) is 0 Å². The summed E-state index contributed by atoms with van der Waals surface area (Å²) in [6, 6.07) is 5.53. The summed E-state index contributed by atoms with van der Waals surface area (Å²) < 4.78 is 0. The van der Waals surface area contributed by atoms with Crippen LogP contribution in [0.1, 0.15) is 17.4 Å². The minimum absolute atomic E-state index is 0.144. The van der Waals surface area contributed by atoms with Gasteiger partial charge in [0.1, 0.15) is 17.7 Å². The van der Waals surface area contributed by atoms with E-state index in [9.17, 15) is 0 Å². The molecule has 0 aliphatic carbocycles. The van der Waals surface area contributed by atoms with Crippen LogP contribution in [-0.4, -0.2) is 0 Å². The maximum atomic E-state index is 8.70. The summed E-state index contributed by atoms with van der Waals surface area (Å²) in [4.78, 5) is 1.03. The molecule has 1 aromatic heterocycles. The largest absolute Gasteiger partial charge is 0.391 e. The Labute approximate surface area is 86.7 Å². The maximum Gasteiger partial charge on any atom is 0.133 e. The van der Waals surface area contributed by atoms with E-state index in [0.29, 0.717) is 10.6 Å². The number of nitriles is 2. The molecule has 1 aromatic rings. The average molecular weight is 203 g/mol. The number of nitrogens with zero attached hydrogens (tertiary/aromatic N) is 2. The Kier molecular flexibility index (Phi) is 2.91. The van der Waals surface area contributed by atoms with E-state index >= 15 is 0 Å². The molecule has 0 fully saturated rings. The zero-order chi connectivity index (χ0) is 10.7. The highest BCUT2D eigenvalue weighted by Gasteiger charge is 2.09. The smallest absolute Gasteiger partial charge is 0.133 e. The maximum absolute atomic E-state index is 8.70. The van der Waals surface area contributed by atoms with Crippen molar-refractivity contribution in [2.24, 2.45) is 0 Å². The Morgan fingerprint density at radius 2 is 2.00 bits per heavy atom. The van der Waals surface area contributed by atoms with Gasteiger partial charge < -0.3 is 5.73 Å². The molecule has 0 bridgehead atoms. The second-order valence-corrected chi connectivity index (χ2v) is 4.13. The summed E-state index contributed by atoms with van der Waals surface area (Å²) in [5, 5.41) is 18.1. The topological polar surface area (TPSA) is 73.6 Å². The summed E-state index contributed by atoms with van der Waals surface area (Å²) in [5.41, 5.74) is 7.36. The van der Waals surface area contributed by atoms with Gasteiger partial charge in [0, 0.05) is 4.88 Å². The van der Waals surface area contributed by atoms with Crippen LogP contribution in [0.5, 0.6) is 0 Å². The van der Waals surface area contributed by atoms with Crippen molar-refractivity contribution in [2.45, 2.75) is 13.8 Å². The van der Waals surface area contributed by atoms with Gasteiger partial charge in [-0.2, -0.15) is 10.5 Å². The van der Waals surface area contributed by atoms with E-state index in [4.69, 9.17) is 16.3 Å². The summed E-state index contributed by atoms with van der Waals surface area (Å²) in [6.07, 6.45) is 0. The molecule has 0 aromatic carbocycles. The van der Waals surface area contributed by atoms with Crippen LogP contribution in [0, 0.1) is 29.6 Å². The monoisotopic (exact) mass is 203 g/mol. The number of anilines is 1. The van der Waals surface area contributed by atoms with Crippen LogP contribution in [0.25, 0.3) is 5.57 Å². The van der Waals surface area contributed by atoms with Crippen LogP contribution in [0.15, 0.2) is 11.6 Å². The summed E-state index contributed by atoms with van der Waals surface area (Å²) in [7, 11) is 0. The third-order valence-electron chi connectivity index (χ3n) is 1.94. The van der Waals surface area contributed by atoms with Crippen molar-refractivity contribution in [2.75, 3.05) is 5.73 Å². The Morgan fingerprint density at radius 3 is 2.36 bits per heavy atom. The van der Waals surface area contributed by atoms with Gasteiger partial charge in [-0.15, -0.1) is 11.3 Å². The van der Waals surface area contributed by atoms with Crippen molar-refractivity contribution in [3.8, 4) is 12.1 Å². The molecule has 3 nitrogen and oxygen atoms in total. The molecule has 1 rings (SSSR count). The van der Waals surface area contributed by atoms with Gasteiger partial charge in [-0.3, -0.25) is 0 Å². The van der Waals surface area contributed by atoms with E-state index in [1.54, 1.807) is 13.0 Å². The summed E-state index contributed by atoms with van der Waals surface area (Å²) in [6.45, 7) is 3.68. The Morgan fingerprint density at radius 1 is 1.43 bits per heavy atom. The molecule has 0 spiro atoms. The molecule has 0 aliphatic rings. The minimum atomic E-state index is 0.144. The molecule has 14 heavy (non-hydrogen) atoms. The van der Waals surface area contributed by atoms with E-state index in [1.807, 2.05) is 19.1 Å². The molecule has 2 N–H and O–H groups in total. The fourth-order valence-electron chi connectivity index (χ4n) is 1.20. The van der Waals surface area contributed by atoms with Gasteiger partial charge in [0.25, 0.3) is 0 Å². The number of nitrogen functional groups attached to an aromatic ring is 1. The lowest BCUT2D eigenvalue weighted by atomic mass is 10.0. The second-order valence-electron chi connectivity index (χ2n) is 2.84. The highest BCUT2D eigenvalue weighted by atomic mass is 32.1. The van der Waals surface area contributed by atoms with Gasteiger partial charge in [0.15, 0.2) is 0 Å². The van der Waals surface area contributed by atoms with Crippen LogP contribution < -0.4 is 5.73 Å². The number of aryl methyl sites for hydroxylation is 1. The number of nitrogens with two attached hydrogens (primary N) is 1. The number of hydrogen-bond donors (Lipinski definition) is 1. The van der Waals surface area contributed by atoms with Gasteiger partial charge in [-0.1, -0.05) is 0 Å². The normalized spacial score (nSPS) is 8.86. The molecular weight excluding hydrogens is 194 g/mol. The zero-order valence-corrected chi connectivity index (χ0v) is 8.77. The van der Waals surface area contributed by atoms with E-state index in [-0.39, 0.29) is 5.57 Å². The highest BCUT2D eigenvalue weighted by Crippen LogP contribution is 2.30. The Bertz CT molecular complexity index is 453. The summed E-state index contributed by atoms with van der Waals surface area (Å²) >= 11 is 1.46. The van der Waals surface area contributed by atoms with Gasteiger partial charge >= 0.3 is 0 Å². The van der Waals surface area contributed by atoms with Crippen molar-refractivity contribution in [1.82, 2.24) is 0 Å². The molecule has 0 unspecified atom stereocenters. The van der Waals surface area contributed by atoms with E-state index < -0.39 is 0 Å². The SMILES string of the molecule is CC(=C(C#N)C#N)c1cc(N)sc1C. The molecule has 0 aliphatic heterocycles. The Hall–Kier alpha value is -1.78. The molecule has 4 heteroatoms. The van der Waals surface area contributed by atoms with Crippen LogP contribution in [-0.2, 0) is 0 Å². The van der Waals surface area contributed by atoms with E-state index in [1.165, 1.54) is 11.3 Å². The highest BCUT2D eigenvalue weighted by molar-refractivity contribution is 7.16. The van der Waals surface area contributed by atoms with E-state index in [0.717, 1.165) is 10.4 Å².